The van der Waals surface area contributed by atoms with Gasteiger partial charge in [0.2, 0.25) is 0 Å². The standard InChI is InChI=1S/C18H14Cl2N2O3/c1-22-10-12(9-21-22)17(23)6-5-14-3-4-15(25-14)11-24-18-7-2-13(19)8-16(18)20/h2-10H,11H2,1H3/b6-5+. The normalized spacial score (nSPS) is 11.2. The van der Waals surface area contributed by atoms with E-state index < -0.39 is 0 Å². The smallest absolute Gasteiger partial charge is 0.189 e. The van der Waals surface area contributed by atoms with E-state index in [0.29, 0.717) is 32.9 Å². The Morgan fingerprint density at radius 3 is 2.88 bits per heavy atom. The van der Waals surface area contributed by atoms with Crippen molar-refractivity contribution in [3.63, 3.8) is 0 Å². The molecule has 2 aromatic heterocycles. The molecular formula is C18H14Cl2N2O3. The molecule has 0 aliphatic rings. The van der Waals surface area contributed by atoms with Gasteiger partial charge in [-0.25, -0.2) is 0 Å². The lowest BCUT2D eigenvalue weighted by molar-refractivity contribution is 0.104. The van der Waals surface area contributed by atoms with Gasteiger partial charge in [-0.3, -0.25) is 9.48 Å². The molecule has 0 N–H and O–H groups in total. The van der Waals surface area contributed by atoms with Crippen LogP contribution in [0.4, 0.5) is 0 Å². The minimum absolute atomic E-state index is 0.143. The molecule has 0 saturated carbocycles. The maximum Gasteiger partial charge on any atom is 0.189 e. The lowest BCUT2D eigenvalue weighted by Gasteiger charge is -2.06. The fourth-order valence-corrected chi connectivity index (χ4v) is 2.57. The number of carbonyl (C=O) groups is 1. The zero-order valence-electron chi connectivity index (χ0n) is 13.3. The molecule has 0 aliphatic heterocycles. The summed E-state index contributed by atoms with van der Waals surface area (Å²) in [7, 11) is 1.76. The first-order chi connectivity index (χ1) is 12.0. The second-order valence-corrected chi connectivity index (χ2v) is 6.11. The highest BCUT2D eigenvalue weighted by Gasteiger charge is 2.07. The summed E-state index contributed by atoms with van der Waals surface area (Å²) in [6, 6.07) is 8.54. The highest BCUT2D eigenvalue weighted by Crippen LogP contribution is 2.28. The third kappa shape index (κ3) is 4.53. The molecule has 0 aliphatic carbocycles. The van der Waals surface area contributed by atoms with E-state index >= 15 is 0 Å². The lowest BCUT2D eigenvalue weighted by Crippen LogP contribution is -1.94. The van der Waals surface area contributed by atoms with Crippen molar-refractivity contribution in [1.29, 1.82) is 0 Å². The molecule has 2 heterocycles. The number of rotatable bonds is 6. The molecule has 0 bridgehead atoms. The third-order valence-corrected chi connectivity index (χ3v) is 3.87. The van der Waals surface area contributed by atoms with Gasteiger partial charge in [0.05, 0.1) is 16.8 Å². The van der Waals surface area contributed by atoms with Crippen LogP contribution in [0.3, 0.4) is 0 Å². The Balaban J connectivity index is 1.60. The van der Waals surface area contributed by atoms with Gasteiger partial charge in [-0.15, -0.1) is 0 Å². The number of ketones is 1. The van der Waals surface area contributed by atoms with Crippen LogP contribution < -0.4 is 4.74 Å². The van der Waals surface area contributed by atoms with E-state index in [1.165, 1.54) is 12.3 Å². The minimum Gasteiger partial charge on any atom is -0.484 e. The molecule has 0 amide bonds. The maximum absolute atomic E-state index is 12.0. The first kappa shape index (κ1) is 17.3. The zero-order valence-corrected chi connectivity index (χ0v) is 14.8. The summed E-state index contributed by atoms with van der Waals surface area (Å²) in [6.45, 7) is 0.214. The van der Waals surface area contributed by atoms with Crippen LogP contribution in [0, 0.1) is 0 Å². The van der Waals surface area contributed by atoms with E-state index in [1.54, 1.807) is 54.3 Å². The average molecular weight is 377 g/mol. The van der Waals surface area contributed by atoms with Gasteiger partial charge in [-0.1, -0.05) is 23.2 Å². The molecule has 7 heteroatoms. The van der Waals surface area contributed by atoms with Crippen LogP contribution in [0.25, 0.3) is 6.08 Å². The van der Waals surface area contributed by atoms with Crippen molar-refractivity contribution < 1.29 is 13.9 Å². The number of nitrogens with zero attached hydrogens (tertiary/aromatic N) is 2. The van der Waals surface area contributed by atoms with Crippen LogP contribution in [-0.2, 0) is 13.7 Å². The van der Waals surface area contributed by atoms with Crippen LogP contribution in [0.2, 0.25) is 10.0 Å². The minimum atomic E-state index is -0.143. The number of benzene rings is 1. The third-order valence-electron chi connectivity index (χ3n) is 3.33. The molecule has 0 spiro atoms. The van der Waals surface area contributed by atoms with Gasteiger partial charge in [0, 0.05) is 18.3 Å². The quantitative estimate of drug-likeness (QED) is 0.458. The number of allylic oxidation sites excluding steroid dienone is 1. The Labute approximate surface area is 154 Å². The number of aryl methyl sites for hydroxylation is 1. The topological polar surface area (TPSA) is 57.3 Å². The molecule has 0 unspecified atom stereocenters. The Bertz CT molecular complexity index is 928. The Kier molecular flexibility index (Phi) is 5.26. The van der Waals surface area contributed by atoms with E-state index in [1.807, 2.05) is 0 Å². The van der Waals surface area contributed by atoms with Crippen LogP contribution in [0.15, 0.2) is 53.2 Å². The first-order valence-corrected chi connectivity index (χ1v) is 8.14. The molecule has 1 aromatic carbocycles. The predicted molar refractivity (Wildman–Crippen MR) is 96.1 cm³/mol. The molecular weight excluding hydrogens is 363 g/mol. The van der Waals surface area contributed by atoms with E-state index in [9.17, 15) is 4.79 Å². The fourth-order valence-electron chi connectivity index (χ4n) is 2.11. The van der Waals surface area contributed by atoms with Crippen molar-refractivity contribution in [2.24, 2.45) is 7.05 Å². The number of hydrogen-bond acceptors (Lipinski definition) is 4. The molecule has 0 radical (unpaired) electrons. The van der Waals surface area contributed by atoms with Gasteiger partial charge < -0.3 is 9.15 Å². The van der Waals surface area contributed by atoms with Crippen molar-refractivity contribution in [1.82, 2.24) is 9.78 Å². The number of ether oxygens (including phenoxy) is 1. The second-order valence-electron chi connectivity index (χ2n) is 5.27. The van der Waals surface area contributed by atoms with E-state index in [0.717, 1.165) is 0 Å². The summed E-state index contributed by atoms with van der Waals surface area (Å²) < 4.78 is 12.8. The van der Waals surface area contributed by atoms with Crippen molar-refractivity contribution in [3.8, 4) is 5.75 Å². The van der Waals surface area contributed by atoms with Crippen molar-refractivity contribution >= 4 is 35.1 Å². The zero-order chi connectivity index (χ0) is 17.8. The van der Waals surface area contributed by atoms with Crippen LogP contribution in [0.5, 0.6) is 5.75 Å². The summed E-state index contributed by atoms with van der Waals surface area (Å²) in [4.78, 5) is 12.0. The van der Waals surface area contributed by atoms with Crippen LogP contribution in [-0.4, -0.2) is 15.6 Å². The molecule has 3 aromatic rings. The second kappa shape index (κ2) is 7.59. The summed E-state index contributed by atoms with van der Waals surface area (Å²) in [5, 5.41) is 4.94. The van der Waals surface area contributed by atoms with Crippen LogP contribution in [0.1, 0.15) is 21.9 Å². The average Bonchev–Trinajstić information content (AvgIpc) is 3.21. The Hall–Kier alpha value is -2.50. The highest BCUT2D eigenvalue weighted by molar-refractivity contribution is 6.35. The monoisotopic (exact) mass is 376 g/mol. The van der Waals surface area contributed by atoms with Gasteiger partial charge in [0.15, 0.2) is 5.78 Å². The number of hydrogen-bond donors (Lipinski definition) is 0. The molecule has 25 heavy (non-hydrogen) atoms. The van der Waals surface area contributed by atoms with Crippen molar-refractivity contribution in [2.45, 2.75) is 6.61 Å². The van der Waals surface area contributed by atoms with Crippen molar-refractivity contribution in [2.75, 3.05) is 0 Å². The molecule has 3 rings (SSSR count). The van der Waals surface area contributed by atoms with Crippen molar-refractivity contribution in [3.05, 3.63) is 75.9 Å². The van der Waals surface area contributed by atoms with E-state index in [2.05, 4.69) is 5.10 Å². The van der Waals surface area contributed by atoms with E-state index in [4.69, 9.17) is 32.4 Å². The maximum atomic E-state index is 12.0. The lowest BCUT2D eigenvalue weighted by atomic mass is 10.2. The first-order valence-electron chi connectivity index (χ1n) is 7.39. The van der Waals surface area contributed by atoms with E-state index in [-0.39, 0.29) is 12.4 Å². The van der Waals surface area contributed by atoms with Gasteiger partial charge in [-0.05, 0) is 42.5 Å². The van der Waals surface area contributed by atoms with Gasteiger partial charge in [-0.2, -0.15) is 5.10 Å². The summed E-state index contributed by atoms with van der Waals surface area (Å²) in [5.74, 6) is 1.54. The Morgan fingerprint density at radius 1 is 1.32 bits per heavy atom. The van der Waals surface area contributed by atoms with Gasteiger partial charge in [0.25, 0.3) is 0 Å². The molecule has 0 saturated heterocycles. The number of furan rings is 1. The highest BCUT2D eigenvalue weighted by atomic mass is 35.5. The largest absolute Gasteiger partial charge is 0.484 e. The molecule has 0 fully saturated rings. The SMILES string of the molecule is Cn1cc(C(=O)/C=C/c2ccc(COc3ccc(Cl)cc3Cl)o2)cn1. The summed E-state index contributed by atoms with van der Waals surface area (Å²) in [6.07, 6.45) is 6.22. The number of halogens is 2. The summed E-state index contributed by atoms with van der Waals surface area (Å²) in [5.41, 5.74) is 0.520. The fraction of sp³-hybridized carbons (Fsp3) is 0.111. The van der Waals surface area contributed by atoms with Gasteiger partial charge >= 0.3 is 0 Å². The van der Waals surface area contributed by atoms with Gasteiger partial charge in [0.1, 0.15) is 23.9 Å². The summed E-state index contributed by atoms with van der Waals surface area (Å²) >= 11 is 11.9. The number of aromatic nitrogens is 2. The molecule has 5 nitrogen and oxygen atoms in total. The van der Waals surface area contributed by atoms with Crippen LogP contribution >= 0.6 is 23.2 Å². The molecule has 128 valence electrons. The molecule has 0 atom stereocenters. The predicted octanol–water partition coefficient (Wildman–Crippen LogP) is 4.80. The number of carbonyl (C=O) groups excluding carboxylic acids is 1. The Morgan fingerprint density at radius 2 is 2.16 bits per heavy atom.